The van der Waals surface area contributed by atoms with Crippen LogP contribution in [0.25, 0.3) is 0 Å². The van der Waals surface area contributed by atoms with E-state index in [0.29, 0.717) is 12.8 Å². The van der Waals surface area contributed by atoms with Crippen LogP contribution in [-0.2, 0) is 11.0 Å². The van der Waals surface area contributed by atoms with Crippen molar-refractivity contribution in [3.8, 4) is 0 Å². The van der Waals surface area contributed by atoms with Gasteiger partial charge in [-0.15, -0.1) is 0 Å². The first-order chi connectivity index (χ1) is 5.12. The molecule has 0 heterocycles. The summed E-state index contributed by atoms with van der Waals surface area (Å²) in [4.78, 5) is 0. The van der Waals surface area contributed by atoms with Gasteiger partial charge in [-0.25, -0.2) is 8.60 Å². The average Bonchev–Trinajstić information content (AvgIpc) is 1.85. The topological polar surface area (TPSA) is 43.1 Å². The Kier molecular flexibility index (Phi) is 3.01. The van der Waals surface area contributed by atoms with Crippen molar-refractivity contribution in [2.45, 2.75) is 37.8 Å². The van der Waals surface area contributed by atoms with E-state index in [1.165, 1.54) is 0 Å². The first kappa shape index (κ1) is 9.13. The van der Waals surface area contributed by atoms with E-state index in [0.717, 1.165) is 19.3 Å². The summed E-state index contributed by atoms with van der Waals surface area (Å²) in [6, 6.07) is 0. The van der Waals surface area contributed by atoms with E-state index >= 15 is 0 Å². The second kappa shape index (κ2) is 3.63. The molecule has 0 amide bonds. The van der Waals surface area contributed by atoms with Crippen molar-refractivity contribution in [3.05, 3.63) is 0 Å². The largest absolute Gasteiger partial charge is 0.252 e. The average molecular weight is 179 g/mol. The Morgan fingerprint density at radius 1 is 1.36 bits per heavy atom. The molecule has 1 unspecified atom stereocenters. The lowest BCUT2D eigenvalue weighted by Gasteiger charge is -2.27. The van der Waals surface area contributed by atoms with Crippen molar-refractivity contribution in [2.75, 3.05) is 5.75 Å². The Balaban J connectivity index is 2.43. The van der Waals surface area contributed by atoms with Gasteiger partial charge in [-0.05, 0) is 12.8 Å². The summed E-state index contributed by atoms with van der Waals surface area (Å²) in [5.74, 6) is 0.0208. The van der Waals surface area contributed by atoms with Crippen LogP contribution in [0.3, 0.4) is 0 Å². The third-order valence-electron chi connectivity index (χ3n) is 2.15. The molecule has 0 aromatic carbocycles. The number of alkyl halides is 1. The molecule has 0 aromatic heterocycles. The molecular formula is C7H14FNOS. The zero-order chi connectivity index (χ0) is 8.32. The molecule has 0 bridgehead atoms. The lowest BCUT2D eigenvalue weighted by molar-refractivity contribution is 0.134. The van der Waals surface area contributed by atoms with Gasteiger partial charge in [-0.2, -0.15) is 0 Å². The lowest BCUT2D eigenvalue weighted by atomic mass is 9.88. The van der Waals surface area contributed by atoms with Gasteiger partial charge in [-0.3, -0.25) is 5.14 Å². The van der Waals surface area contributed by atoms with Crippen LogP contribution < -0.4 is 5.14 Å². The first-order valence-corrected chi connectivity index (χ1v) is 5.32. The van der Waals surface area contributed by atoms with Crippen LogP contribution in [0.15, 0.2) is 0 Å². The number of nitrogens with two attached hydrogens (primary N) is 1. The molecule has 2 N–H and O–H groups in total. The smallest absolute Gasteiger partial charge is 0.123 e. The Labute approximate surface area is 68.9 Å². The fraction of sp³-hybridized carbons (Fsp3) is 1.00. The minimum Gasteiger partial charge on any atom is -0.252 e. The molecule has 1 atom stereocenters. The van der Waals surface area contributed by atoms with Crippen molar-refractivity contribution in [3.63, 3.8) is 0 Å². The number of rotatable bonds is 2. The van der Waals surface area contributed by atoms with E-state index in [-0.39, 0.29) is 5.75 Å². The van der Waals surface area contributed by atoms with E-state index in [1.807, 2.05) is 0 Å². The molecule has 1 aliphatic carbocycles. The molecular weight excluding hydrogens is 165 g/mol. The third kappa shape index (κ3) is 2.87. The van der Waals surface area contributed by atoms with Gasteiger partial charge in [0.15, 0.2) is 0 Å². The summed E-state index contributed by atoms with van der Waals surface area (Å²) in [5.41, 5.74) is -1.22. The fourth-order valence-electron chi connectivity index (χ4n) is 1.58. The predicted octanol–water partition coefficient (Wildman–Crippen LogP) is 1.28. The van der Waals surface area contributed by atoms with Gasteiger partial charge in [0.2, 0.25) is 0 Å². The summed E-state index contributed by atoms with van der Waals surface area (Å²) in [7, 11) is -1.48. The molecule has 1 fully saturated rings. The molecule has 0 radical (unpaired) electrons. The van der Waals surface area contributed by atoms with Crippen LogP contribution in [0.5, 0.6) is 0 Å². The summed E-state index contributed by atoms with van der Waals surface area (Å²) < 4.78 is 24.1. The monoisotopic (exact) mass is 179 g/mol. The van der Waals surface area contributed by atoms with E-state index in [4.69, 9.17) is 5.14 Å². The minimum absolute atomic E-state index is 0.0208. The zero-order valence-electron chi connectivity index (χ0n) is 6.51. The number of hydrogen-bond donors (Lipinski definition) is 1. The maximum atomic E-state index is 13.6. The number of halogens is 1. The highest BCUT2D eigenvalue weighted by atomic mass is 32.2. The van der Waals surface area contributed by atoms with Gasteiger partial charge < -0.3 is 0 Å². The summed E-state index contributed by atoms with van der Waals surface area (Å²) in [6.45, 7) is 0. The molecule has 0 saturated heterocycles. The first-order valence-electron chi connectivity index (χ1n) is 3.94. The van der Waals surface area contributed by atoms with Crippen LogP contribution in [0, 0.1) is 0 Å². The highest BCUT2D eigenvalue weighted by Gasteiger charge is 2.32. The normalized spacial score (nSPS) is 26.4. The molecule has 2 nitrogen and oxygen atoms in total. The van der Waals surface area contributed by atoms with Crippen molar-refractivity contribution in [2.24, 2.45) is 5.14 Å². The SMILES string of the molecule is NS(=O)CC1(F)CCCCC1. The standard InChI is InChI=1S/C7H14FNOS/c8-7(6-11(9)10)4-2-1-3-5-7/h1-6,9H2. The van der Waals surface area contributed by atoms with Gasteiger partial charge in [0, 0.05) is 0 Å². The molecule has 1 rings (SSSR count). The molecule has 1 aliphatic rings. The van der Waals surface area contributed by atoms with Crippen molar-refractivity contribution >= 4 is 11.0 Å². The number of hydrogen-bond acceptors (Lipinski definition) is 1. The Hall–Kier alpha value is 0.0400. The van der Waals surface area contributed by atoms with Crippen LogP contribution in [0.2, 0.25) is 0 Å². The van der Waals surface area contributed by atoms with Crippen molar-refractivity contribution in [1.29, 1.82) is 0 Å². The summed E-state index contributed by atoms with van der Waals surface area (Å²) in [5, 5.41) is 5.04. The second-order valence-corrected chi connectivity index (χ2v) is 4.29. The van der Waals surface area contributed by atoms with E-state index in [1.54, 1.807) is 0 Å². The lowest BCUT2D eigenvalue weighted by Crippen LogP contribution is -2.34. The van der Waals surface area contributed by atoms with Crippen LogP contribution >= 0.6 is 0 Å². The van der Waals surface area contributed by atoms with Gasteiger partial charge in [0.25, 0.3) is 0 Å². The predicted molar refractivity (Wildman–Crippen MR) is 44.1 cm³/mol. The fourth-order valence-corrected chi connectivity index (χ4v) is 2.38. The van der Waals surface area contributed by atoms with E-state index < -0.39 is 16.7 Å². The summed E-state index contributed by atoms with van der Waals surface area (Å²) >= 11 is 0. The van der Waals surface area contributed by atoms with Crippen LogP contribution in [0.1, 0.15) is 32.1 Å². The van der Waals surface area contributed by atoms with Crippen molar-refractivity contribution < 1.29 is 8.60 Å². The van der Waals surface area contributed by atoms with Gasteiger partial charge in [0.05, 0.1) is 16.7 Å². The van der Waals surface area contributed by atoms with Gasteiger partial charge in [-0.1, -0.05) is 19.3 Å². The zero-order valence-corrected chi connectivity index (χ0v) is 7.33. The third-order valence-corrected chi connectivity index (χ3v) is 2.95. The summed E-state index contributed by atoms with van der Waals surface area (Å²) in [6.07, 6.45) is 4.00. The molecule has 4 heteroatoms. The van der Waals surface area contributed by atoms with Crippen LogP contribution in [-0.4, -0.2) is 15.6 Å². The van der Waals surface area contributed by atoms with E-state index in [9.17, 15) is 8.60 Å². The van der Waals surface area contributed by atoms with Crippen molar-refractivity contribution in [1.82, 2.24) is 0 Å². The maximum absolute atomic E-state index is 13.6. The highest BCUT2D eigenvalue weighted by molar-refractivity contribution is 7.82. The molecule has 0 aliphatic heterocycles. The van der Waals surface area contributed by atoms with Crippen LogP contribution in [0.4, 0.5) is 4.39 Å². The molecule has 66 valence electrons. The Bertz CT molecular complexity index is 157. The molecule has 0 spiro atoms. The Morgan fingerprint density at radius 3 is 2.36 bits per heavy atom. The van der Waals surface area contributed by atoms with E-state index in [2.05, 4.69) is 0 Å². The molecule has 11 heavy (non-hydrogen) atoms. The quantitative estimate of drug-likeness (QED) is 0.681. The maximum Gasteiger partial charge on any atom is 0.123 e. The van der Waals surface area contributed by atoms with Gasteiger partial charge >= 0.3 is 0 Å². The minimum atomic E-state index is -1.48. The highest BCUT2D eigenvalue weighted by Crippen LogP contribution is 2.31. The second-order valence-electron chi connectivity index (χ2n) is 3.24. The van der Waals surface area contributed by atoms with Gasteiger partial charge in [0.1, 0.15) is 5.67 Å². The molecule has 1 saturated carbocycles. The Morgan fingerprint density at radius 2 is 1.91 bits per heavy atom. The molecule has 0 aromatic rings.